The zero-order chi connectivity index (χ0) is 19.3. The van der Waals surface area contributed by atoms with Crippen molar-refractivity contribution in [3.05, 3.63) is 48.3 Å². The van der Waals surface area contributed by atoms with E-state index in [2.05, 4.69) is 48.7 Å². The molecule has 0 amide bonds. The number of nitrogens with zero attached hydrogens (tertiary/aromatic N) is 6. The van der Waals surface area contributed by atoms with Crippen molar-refractivity contribution >= 4 is 12.4 Å². The van der Waals surface area contributed by atoms with Gasteiger partial charge in [-0.1, -0.05) is 37.1 Å². The summed E-state index contributed by atoms with van der Waals surface area (Å²) in [5, 5.41) is 13.0. The molecule has 0 bridgehead atoms. The molecule has 0 spiro atoms. The summed E-state index contributed by atoms with van der Waals surface area (Å²) in [4.78, 5) is 4.93. The van der Waals surface area contributed by atoms with Gasteiger partial charge in [0.15, 0.2) is 5.82 Å². The average molecular weight is 419 g/mol. The van der Waals surface area contributed by atoms with Gasteiger partial charge < -0.3 is 4.74 Å². The summed E-state index contributed by atoms with van der Waals surface area (Å²) < 4.78 is 7.80. The highest BCUT2D eigenvalue weighted by atomic mass is 35.5. The number of hydrogen-bond acceptors (Lipinski definition) is 6. The summed E-state index contributed by atoms with van der Waals surface area (Å²) in [5.41, 5.74) is 1.14. The van der Waals surface area contributed by atoms with Gasteiger partial charge in [0.1, 0.15) is 11.8 Å². The highest BCUT2D eigenvalue weighted by Crippen LogP contribution is 2.37. The Labute approximate surface area is 179 Å². The first-order valence-electron chi connectivity index (χ1n) is 10.3. The average Bonchev–Trinajstić information content (AvgIpc) is 3.42. The highest BCUT2D eigenvalue weighted by molar-refractivity contribution is 5.85. The van der Waals surface area contributed by atoms with Crippen LogP contribution in [0.5, 0.6) is 5.75 Å². The summed E-state index contributed by atoms with van der Waals surface area (Å²) in [7, 11) is 1.73. The Hall–Kier alpha value is -1.96. The molecule has 4 rings (SSSR count). The number of ether oxygens (including phenoxy) is 1. The standard InChI is InChI=1S/C21H30N6O.ClH/c1-3-12-25-13-15-26(16-14-25)20(18-10-6-7-11-19(18)28-2)21-22-23-24-27(21)17-8-4-5-9-17;/h3,6-7,10-11,17,20H,1,4-5,8-9,12-16H2,2H3;1H. The van der Waals surface area contributed by atoms with Crippen LogP contribution in [0, 0.1) is 0 Å². The Kier molecular flexibility index (Phi) is 7.64. The van der Waals surface area contributed by atoms with Crippen LogP contribution in [0.3, 0.4) is 0 Å². The molecule has 8 heteroatoms. The van der Waals surface area contributed by atoms with Crippen molar-refractivity contribution in [2.75, 3.05) is 39.8 Å². The molecular formula is C21H31ClN6O. The van der Waals surface area contributed by atoms with E-state index in [9.17, 15) is 0 Å². The molecule has 2 fully saturated rings. The highest BCUT2D eigenvalue weighted by Gasteiger charge is 2.34. The van der Waals surface area contributed by atoms with Crippen molar-refractivity contribution in [1.82, 2.24) is 30.0 Å². The predicted octanol–water partition coefficient (Wildman–Crippen LogP) is 3.11. The van der Waals surface area contributed by atoms with E-state index in [0.717, 1.165) is 62.7 Å². The van der Waals surface area contributed by atoms with E-state index in [1.807, 2.05) is 18.2 Å². The lowest BCUT2D eigenvalue weighted by Crippen LogP contribution is -2.48. The first kappa shape index (κ1) is 21.7. The van der Waals surface area contributed by atoms with Crippen LogP contribution in [0.1, 0.15) is 49.2 Å². The van der Waals surface area contributed by atoms with E-state index in [0.29, 0.717) is 6.04 Å². The van der Waals surface area contributed by atoms with Crippen molar-refractivity contribution in [3.8, 4) is 5.75 Å². The molecule has 0 radical (unpaired) electrons. The molecule has 7 nitrogen and oxygen atoms in total. The van der Waals surface area contributed by atoms with Crippen molar-refractivity contribution in [2.45, 2.75) is 37.8 Å². The van der Waals surface area contributed by atoms with E-state index in [-0.39, 0.29) is 18.4 Å². The Morgan fingerprint density at radius 3 is 2.59 bits per heavy atom. The predicted molar refractivity (Wildman–Crippen MR) is 116 cm³/mol. The minimum atomic E-state index is -0.00219. The Bertz CT molecular complexity index is 783. The topological polar surface area (TPSA) is 59.3 Å². The molecule has 1 saturated carbocycles. The maximum absolute atomic E-state index is 5.71. The fraction of sp³-hybridized carbons (Fsp3) is 0.571. The van der Waals surface area contributed by atoms with Crippen LogP contribution >= 0.6 is 12.4 Å². The molecule has 2 aliphatic rings. The largest absolute Gasteiger partial charge is 0.496 e. The Balaban J connectivity index is 0.00000240. The number of aromatic nitrogens is 4. The third kappa shape index (κ3) is 4.63. The van der Waals surface area contributed by atoms with Gasteiger partial charge in [-0.05, 0) is 29.3 Å². The van der Waals surface area contributed by atoms with E-state index in [4.69, 9.17) is 4.74 Å². The van der Waals surface area contributed by atoms with Crippen molar-refractivity contribution in [1.29, 1.82) is 0 Å². The molecule has 29 heavy (non-hydrogen) atoms. The molecule has 2 aromatic rings. The third-order valence-electron chi connectivity index (χ3n) is 6.03. The molecule has 2 heterocycles. The van der Waals surface area contributed by atoms with Gasteiger partial charge in [-0.3, -0.25) is 9.80 Å². The number of rotatable bonds is 7. The molecule has 158 valence electrons. The number of tetrazole rings is 1. The van der Waals surface area contributed by atoms with Gasteiger partial charge in [-0.2, -0.15) is 0 Å². The van der Waals surface area contributed by atoms with Crippen LogP contribution in [0.15, 0.2) is 36.9 Å². The monoisotopic (exact) mass is 418 g/mol. The quantitative estimate of drug-likeness (QED) is 0.644. The minimum absolute atomic E-state index is 0. The Morgan fingerprint density at radius 2 is 1.90 bits per heavy atom. The maximum atomic E-state index is 5.71. The lowest BCUT2D eigenvalue weighted by atomic mass is 10.0. The first-order valence-corrected chi connectivity index (χ1v) is 10.3. The van der Waals surface area contributed by atoms with Crippen LogP contribution in [-0.2, 0) is 0 Å². The number of halogens is 1. The minimum Gasteiger partial charge on any atom is -0.496 e. The second kappa shape index (κ2) is 10.2. The fourth-order valence-corrected chi connectivity index (χ4v) is 4.57. The van der Waals surface area contributed by atoms with Crippen LogP contribution in [0.4, 0.5) is 0 Å². The molecule has 1 atom stereocenters. The number of benzene rings is 1. The summed E-state index contributed by atoms with van der Waals surface area (Å²) in [5.74, 6) is 1.83. The zero-order valence-electron chi connectivity index (χ0n) is 17.1. The second-order valence-corrected chi connectivity index (χ2v) is 7.69. The van der Waals surface area contributed by atoms with Gasteiger partial charge in [0.2, 0.25) is 0 Å². The number of para-hydroxylation sites is 1. The molecule has 1 aliphatic carbocycles. The van der Waals surface area contributed by atoms with E-state index in [1.54, 1.807) is 7.11 Å². The fourth-order valence-electron chi connectivity index (χ4n) is 4.57. The zero-order valence-corrected chi connectivity index (χ0v) is 17.9. The van der Waals surface area contributed by atoms with Crippen LogP contribution in [0.2, 0.25) is 0 Å². The lowest BCUT2D eigenvalue weighted by Gasteiger charge is -2.39. The van der Waals surface area contributed by atoms with Crippen LogP contribution < -0.4 is 4.74 Å². The third-order valence-corrected chi connectivity index (χ3v) is 6.03. The van der Waals surface area contributed by atoms with Crippen molar-refractivity contribution < 1.29 is 4.74 Å². The smallest absolute Gasteiger partial charge is 0.173 e. The first-order chi connectivity index (χ1) is 13.8. The summed E-state index contributed by atoms with van der Waals surface area (Å²) in [6.07, 6.45) is 6.80. The maximum Gasteiger partial charge on any atom is 0.173 e. The lowest BCUT2D eigenvalue weighted by molar-refractivity contribution is 0.110. The molecule has 1 aromatic carbocycles. The van der Waals surface area contributed by atoms with Gasteiger partial charge in [0, 0.05) is 38.3 Å². The molecule has 1 aromatic heterocycles. The second-order valence-electron chi connectivity index (χ2n) is 7.69. The van der Waals surface area contributed by atoms with Crippen molar-refractivity contribution in [2.24, 2.45) is 0 Å². The van der Waals surface area contributed by atoms with E-state index < -0.39 is 0 Å². The van der Waals surface area contributed by atoms with E-state index in [1.165, 1.54) is 12.8 Å². The van der Waals surface area contributed by atoms with Gasteiger partial charge in [0.25, 0.3) is 0 Å². The molecule has 1 unspecified atom stereocenters. The van der Waals surface area contributed by atoms with Gasteiger partial charge in [0.05, 0.1) is 13.2 Å². The number of piperazine rings is 1. The van der Waals surface area contributed by atoms with Gasteiger partial charge in [-0.25, -0.2) is 4.68 Å². The molecule has 1 aliphatic heterocycles. The van der Waals surface area contributed by atoms with Gasteiger partial charge >= 0.3 is 0 Å². The normalized spacial score (nSPS) is 19.6. The van der Waals surface area contributed by atoms with E-state index >= 15 is 0 Å². The summed E-state index contributed by atoms with van der Waals surface area (Å²) in [6, 6.07) is 8.67. The molecule has 0 N–H and O–H groups in total. The SMILES string of the molecule is C=CCN1CCN(C(c2ccccc2OC)c2nnnn2C2CCCC2)CC1.Cl. The van der Waals surface area contributed by atoms with Gasteiger partial charge in [-0.15, -0.1) is 24.1 Å². The summed E-state index contributed by atoms with van der Waals surface area (Å²) in [6.45, 7) is 8.78. The number of hydrogen-bond donors (Lipinski definition) is 0. The van der Waals surface area contributed by atoms with Crippen LogP contribution in [-0.4, -0.2) is 69.8 Å². The Morgan fingerprint density at radius 1 is 1.17 bits per heavy atom. The van der Waals surface area contributed by atoms with Crippen LogP contribution in [0.25, 0.3) is 0 Å². The molecule has 1 saturated heterocycles. The van der Waals surface area contributed by atoms with Crippen molar-refractivity contribution in [3.63, 3.8) is 0 Å². The molecular weight excluding hydrogens is 388 g/mol. The summed E-state index contributed by atoms with van der Waals surface area (Å²) >= 11 is 0. The number of methoxy groups -OCH3 is 1.